The van der Waals surface area contributed by atoms with Crippen LogP contribution < -0.4 is 22.1 Å². The molecule has 2 rings (SSSR count). The van der Waals surface area contributed by atoms with Crippen molar-refractivity contribution in [3.63, 3.8) is 0 Å². The first-order valence-corrected chi connectivity index (χ1v) is 9.18. The molecule has 2 atom stereocenters. The number of aliphatic carboxylic acids is 1. The topological polar surface area (TPSA) is 176 Å². The molecule has 10 heteroatoms. The van der Waals surface area contributed by atoms with E-state index in [1.165, 1.54) is 6.92 Å². The molecule has 0 bridgehead atoms. The van der Waals surface area contributed by atoms with E-state index in [9.17, 15) is 19.5 Å². The second-order valence-corrected chi connectivity index (χ2v) is 6.66. The molecule has 0 aliphatic carbocycles. The van der Waals surface area contributed by atoms with Gasteiger partial charge in [0.25, 0.3) is 0 Å². The van der Waals surface area contributed by atoms with Gasteiger partial charge in [0.05, 0.1) is 0 Å². The Balaban J connectivity index is 2.07. The van der Waals surface area contributed by atoms with Crippen LogP contribution in [0.3, 0.4) is 0 Å². The van der Waals surface area contributed by atoms with Crippen LogP contribution >= 0.6 is 0 Å². The Bertz CT molecular complexity index is 903. The number of para-hydroxylation sites is 1. The predicted octanol–water partition coefficient (Wildman–Crippen LogP) is -0.162. The summed E-state index contributed by atoms with van der Waals surface area (Å²) in [7, 11) is 0. The highest BCUT2D eigenvalue weighted by molar-refractivity contribution is 5.90. The van der Waals surface area contributed by atoms with Crippen molar-refractivity contribution in [1.82, 2.24) is 15.6 Å². The quantitative estimate of drug-likeness (QED) is 0.183. The Labute approximate surface area is 167 Å². The summed E-state index contributed by atoms with van der Waals surface area (Å²) in [6.45, 7) is 1.58. The summed E-state index contributed by atoms with van der Waals surface area (Å²) in [4.78, 5) is 42.7. The lowest BCUT2D eigenvalue weighted by molar-refractivity contribution is -0.142. The average Bonchev–Trinajstić information content (AvgIpc) is 3.06. The molecule has 29 heavy (non-hydrogen) atoms. The van der Waals surface area contributed by atoms with Gasteiger partial charge < -0.3 is 32.2 Å². The molecule has 2 unspecified atom stereocenters. The van der Waals surface area contributed by atoms with Crippen LogP contribution in [0, 0.1) is 0 Å². The third kappa shape index (κ3) is 6.52. The summed E-state index contributed by atoms with van der Waals surface area (Å²) in [6, 6.07) is 5.47. The fourth-order valence-electron chi connectivity index (χ4n) is 3.01. The lowest BCUT2D eigenvalue weighted by Crippen LogP contribution is -2.52. The normalized spacial score (nSPS) is 12.7. The van der Waals surface area contributed by atoms with Crippen molar-refractivity contribution in [2.45, 2.75) is 38.3 Å². The number of aromatic nitrogens is 1. The molecule has 2 amide bonds. The minimum Gasteiger partial charge on any atom is -0.480 e. The lowest BCUT2D eigenvalue weighted by atomic mass is 10.0. The summed E-state index contributed by atoms with van der Waals surface area (Å²) in [6.07, 6.45) is 2.54. The van der Waals surface area contributed by atoms with Gasteiger partial charge in [0.1, 0.15) is 12.1 Å². The highest BCUT2D eigenvalue weighted by atomic mass is 16.4. The van der Waals surface area contributed by atoms with Crippen molar-refractivity contribution in [3.8, 4) is 0 Å². The van der Waals surface area contributed by atoms with Crippen molar-refractivity contribution in [2.75, 3.05) is 6.54 Å². The zero-order chi connectivity index (χ0) is 21.4. The number of rotatable bonds is 10. The monoisotopic (exact) mass is 402 g/mol. The van der Waals surface area contributed by atoms with Gasteiger partial charge in [0, 0.05) is 37.0 Å². The number of carboxylic acids is 1. The number of hydrogen-bond donors (Lipinski definition) is 6. The fourth-order valence-corrected chi connectivity index (χ4v) is 3.01. The molecule has 0 aliphatic rings. The Morgan fingerprint density at radius 2 is 1.90 bits per heavy atom. The first-order chi connectivity index (χ1) is 13.8. The predicted molar refractivity (Wildman–Crippen MR) is 109 cm³/mol. The first-order valence-electron chi connectivity index (χ1n) is 9.18. The summed E-state index contributed by atoms with van der Waals surface area (Å²) in [5.74, 6) is -2.19. The van der Waals surface area contributed by atoms with Crippen molar-refractivity contribution in [3.05, 3.63) is 36.0 Å². The van der Waals surface area contributed by atoms with Crippen molar-refractivity contribution >= 4 is 34.6 Å². The number of fused-ring (bicyclic) bond motifs is 1. The van der Waals surface area contributed by atoms with Crippen LogP contribution in [-0.4, -0.2) is 52.5 Å². The van der Waals surface area contributed by atoms with Crippen LogP contribution in [-0.2, 0) is 20.8 Å². The van der Waals surface area contributed by atoms with Crippen molar-refractivity contribution in [2.24, 2.45) is 16.5 Å². The number of nitrogens with zero attached hydrogens (tertiary/aromatic N) is 1. The van der Waals surface area contributed by atoms with E-state index in [1.807, 2.05) is 24.3 Å². The van der Waals surface area contributed by atoms with Gasteiger partial charge in [0.15, 0.2) is 5.96 Å². The number of H-pyrrole nitrogens is 1. The summed E-state index contributed by atoms with van der Waals surface area (Å²) < 4.78 is 0. The van der Waals surface area contributed by atoms with Gasteiger partial charge in [-0.15, -0.1) is 0 Å². The van der Waals surface area contributed by atoms with E-state index in [1.54, 1.807) is 6.20 Å². The van der Waals surface area contributed by atoms with E-state index in [-0.39, 0.29) is 18.8 Å². The number of carbonyl (C=O) groups is 3. The maximum Gasteiger partial charge on any atom is 0.326 e. The number of guanidine groups is 1. The van der Waals surface area contributed by atoms with Crippen molar-refractivity contribution in [1.29, 1.82) is 0 Å². The molecular formula is C19H26N6O4. The van der Waals surface area contributed by atoms with Gasteiger partial charge >= 0.3 is 5.97 Å². The summed E-state index contributed by atoms with van der Waals surface area (Å²) in [5.41, 5.74) is 12.2. The second kappa shape index (κ2) is 10.1. The standard InChI is InChI=1S/C19H26N6O4/c1-11(26)24-15(7-4-8-22-19(20)21)17(27)25-16(18(28)29)9-12-10-23-14-6-3-2-5-13(12)14/h2-3,5-6,10,15-16,23H,4,7-9H2,1H3,(H,24,26)(H,25,27)(H,28,29)(H4,20,21,22). The Morgan fingerprint density at radius 1 is 1.17 bits per heavy atom. The van der Waals surface area contributed by atoms with Crippen LogP contribution in [0.1, 0.15) is 25.3 Å². The zero-order valence-electron chi connectivity index (χ0n) is 16.1. The van der Waals surface area contributed by atoms with Crippen LogP contribution in [0.25, 0.3) is 10.9 Å². The number of carbonyl (C=O) groups excluding carboxylic acids is 2. The number of nitrogens with two attached hydrogens (primary N) is 2. The van der Waals surface area contributed by atoms with E-state index in [4.69, 9.17) is 11.5 Å². The lowest BCUT2D eigenvalue weighted by Gasteiger charge is -2.21. The maximum absolute atomic E-state index is 12.6. The molecular weight excluding hydrogens is 376 g/mol. The first kappa shape index (κ1) is 21.7. The van der Waals surface area contributed by atoms with E-state index in [0.29, 0.717) is 13.0 Å². The molecule has 156 valence electrons. The molecule has 0 saturated heterocycles. The molecule has 0 spiro atoms. The fraction of sp³-hybridized carbons (Fsp3) is 0.368. The zero-order valence-corrected chi connectivity index (χ0v) is 16.1. The van der Waals surface area contributed by atoms with Gasteiger partial charge in [-0.25, -0.2) is 4.79 Å². The smallest absolute Gasteiger partial charge is 0.326 e. The maximum atomic E-state index is 12.6. The molecule has 0 fully saturated rings. The number of hydrogen-bond acceptors (Lipinski definition) is 4. The Morgan fingerprint density at radius 3 is 2.55 bits per heavy atom. The minimum atomic E-state index is -1.16. The number of carboxylic acid groups (broad SMARTS) is 1. The summed E-state index contributed by atoms with van der Waals surface area (Å²) >= 11 is 0. The number of nitrogens with one attached hydrogen (secondary N) is 3. The average molecular weight is 402 g/mol. The molecule has 1 aromatic heterocycles. The third-order valence-electron chi connectivity index (χ3n) is 4.35. The molecule has 0 saturated carbocycles. The molecule has 1 heterocycles. The summed E-state index contributed by atoms with van der Waals surface area (Å²) in [5, 5.41) is 15.5. The second-order valence-electron chi connectivity index (χ2n) is 6.66. The highest BCUT2D eigenvalue weighted by Crippen LogP contribution is 2.19. The Hall–Kier alpha value is -3.56. The van der Waals surface area contributed by atoms with E-state index >= 15 is 0 Å². The molecule has 2 aromatic rings. The third-order valence-corrected chi connectivity index (χ3v) is 4.35. The highest BCUT2D eigenvalue weighted by Gasteiger charge is 2.26. The molecule has 0 radical (unpaired) electrons. The number of aliphatic imine (C=N–C) groups is 1. The molecule has 0 aliphatic heterocycles. The number of aromatic amines is 1. The van der Waals surface area contributed by atoms with Gasteiger partial charge in [0.2, 0.25) is 11.8 Å². The molecule has 8 N–H and O–H groups in total. The van der Waals surface area contributed by atoms with Crippen LogP contribution in [0.4, 0.5) is 0 Å². The SMILES string of the molecule is CC(=O)NC(CCCN=C(N)N)C(=O)NC(Cc1c[nH]c2ccccc12)C(=O)O. The van der Waals surface area contributed by atoms with E-state index in [2.05, 4.69) is 20.6 Å². The largest absolute Gasteiger partial charge is 0.480 e. The minimum absolute atomic E-state index is 0.0600. The van der Waals surface area contributed by atoms with Crippen LogP contribution in [0.15, 0.2) is 35.5 Å². The van der Waals surface area contributed by atoms with E-state index < -0.39 is 29.9 Å². The van der Waals surface area contributed by atoms with Crippen LogP contribution in [0.2, 0.25) is 0 Å². The molecule has 10 nitrogen and oxygen atoms in total. The Kier molecular flexibility index (Phi) is 7.58. The number of amides is 2. The van der Waals surface area contributed by atoms with Gasteiger partial charge in [-0.2, -0.15) is 0 Å². The van der Waals surface area contributed by atoms with Gasteiger partial charge in [-0.3, -0.25) is 14.6 Å². The molecule has 1 aromatic carbocycles. The van der Waals surface area contributed by atoms with Gasteiger partial charge in [-0.1, -0.05) is 18.2 Å². The number of benzene rings is 1. The van der Waals surface area contributed by atoms with Crippen molar-refractivity contribution < 1.29 is 19.5 Å². The van der Waals surface area contributed by atoms with Gasteiger partial charge in [-0.05, 0) is 24.5 Å². The van der Waals surface area contributed by atoms with Crippen LogP contribution in [0.5, 0.6) is 0 Å². The van der Waals surface area contributed by atoms with E-state index in [0.717, 1.165) is 16.5 Å².